The quantitative estimate of drug-likeness (QED) is 0.522. The third-order valence-electron chi connectivity index (χ3n) is 5.01. The number of hydrogen-bond acceptors (Lipinski definition) is 8. The number of piperidine rings is 1. The molecular weight excluding hydrogens is 476 g/mol. The summed E-state index contributed by atoms with van der Waals surface area (Å²) in [4.78, 5) is 24.8. The van der Waals surface area contributed by atoms with Gasteiger partial charge in [0.1, 0.15) is 11.0 Å². The van der Waals surface area contributed by atoms with Crippen LogP contribution in [-0.2, 0) is 19.6 Å². The number of amides is 1. The number of nitrogens with zero attached hydrogens (tertiary/aromatic N) is 3. The topological polar surface area (TPSA) is 119 Å². The smallest absolute Gasteiger partial charge is 0.340 e. The summed E-state index contributed by atoms with van der Waals surface area (Å²) in [5.41, 5.74) is 1.51. The Balaban J connectivity index is 1.44. The van der Waals surface area contributed by atoms with E-state index in [2.05, 4.69) is 14.1 Å². The lowest BCUT2D eigenvalue weighted by atomic mass is 10.2. The Bertz CT molecular complexity index is 1270. The molecule has 0 aliphatic carbocycles. The summed E-state index contributed by atoms with van der Waals surface area (Å²) in [7, 11) is -3.75. The van der Waals surface area contributed by atoms with Gasteiger partial charge < -0.3 is 10.1 Å². The molecule has 1 fully saturated rings. The molecule has 3 aromatic rings. The maximum Gasteiger partial charge on any atom is 0.340 e. The van der Waals surface area contributed by atoms with Crippen LogP contribution in [0.5, 0.6) is 0 Å². The fourth-order valence-electron chi connectivity index (χ4n) is 3.38. The number of ether oxygens (including phenoxy) is 1. The van der Waals surface area contributed by atoms with Gasteiger partial charge in [0.25, 0.3) is 5.91 Å². The molecular formula is C20H19ClN4O5S2. The van der Waals surface area contributed by atoms with E-state index in [4.69, 9.17) is 16.3 Å². The number of carbonyl (C=O) groups excluding carboxylic acids is 2. The van der Waals surface area contributed by atoms with Crippen LogP contribution in [0.1, 0.15) is 29.6 Å². The molecule has 0 unspecified atom stereocenters. The lowest BCUT2D eigenvalue weighted by Crippen LogP contribution is -2.35. The van der Waals surface area contributed by atoms with Crippen molar-refractivity contribution >= 4 is 61.9 Å². The van der Waals surface area contributed by atoms with Crippen molar-refractivity contribution in [1.82, 2.24) is 13.1 Å². The standard InChI is InChI=1S/C20H19ClN4O5S2/c21-15-8-7-13(32(28,29)25-9-2-1-3-10-25)11-14(15)20(27)30-12-18(26)22-16-5-4-6-17-19(16)24-31-23-17/h4-8,11H,1-3,9-10,12H2,(H,22,26). The maximum atomic E-state index is 12.9. The summed E-state index contributed by atoms with van der Waals surface area (Å²) in [5.74, 6) is -1.47. The van der Waals surface area contributed by atoms with Crippen molar-refractivity contribution in [2.75, 3.05) is 25.0 Å². The van der Waals surface area contributed by atoms with Crippen LogP contribution in [0.15, 0.2) is 41.3 Å². The predicted molar refractivity (Wildman–Crippen MR) is 120 cm³/mol. The fraction of sp³-hybridized carbons (Fsp3) is 0.300. The third-order valence-corrected chi connectivity index (χ3v) is 7.77. The van der Waals surface area contributed by atoms with Gasteiger partial charge in [-0.05, 0) is 43.2 Å². The van der Waals surface area contributed by atoms with E-state index in [9.17, 15) is 18.0 Å². The average Bonchev–Trinajstić information content (AvgIpc) is 3.28. The predicted octanol–water partition coefficient (Wildman–Crippen LogP) is 3.31. The number of anilines is 1. The van der Waals surface area contributed by atoms with Gasteiger partial charge >= 0.3 is 5.97 Å². The Morgan fingerprint density at radius 1 is 1.12 bits per heavy atom. The zero-order valence-electron chi connectivity index (χ0n) is 16.8. The molecule has 12 heteroatoms. The summed E-state index contributed by atoms with van der Waals surface area (Å²) < 4.78 is 40.5. The second-order valence-electron chi connectivity index (χ2n) is 7.17. The number of sulfonamides is 1. The third kappa shape index (κ3) is 4.75. The SMILES string of the molecule is O=C(COC(=O)c1cc(S(=O)(=O)N2CCCCC2)ccc1Cl)Nc1cccc2nsnc12. The van der Waals surface area contributed by atoms with E-state index >= 15 is 0 Å². The highest BCUT2D eigenvalue weighted by Gasteiger charge is 2.27. The molecule has 0 atom stereocenters. The normalized spacial score (nSPS) is 14.9. The average molecular weight is 495 g/mol. The van der Waals surface area contributed by atoms with Crippen molar-refractivity contribution in [2.24, 2.45) is 0 Å². The summed E-state index contributed by atoms with van der Waals surface area (Å²) in [6, 6.07) is 9.04. The molecule has 0 spiro atoms. The highest BCUT2D eigenvalue weighted by Crippen LogP contribution is 2.26. The molecule has 1 aliphatic rings. The molecule has 32 heavy (non-hydrogen) atoms. The van der Waals surface area contributed by atoms with Gasteiger partial charge in [-0.3, -0.25) is 4.79 Å². The van der Waals surface area contributed by atoms with E-state index in [-0.39, 0.29) is 15.5 Å². The van der Waals surface area contributed by atoms with Crippen LogP contribution in [0.2, 0.25) is 5.02 Å². The molecule has 0 bridgehead atoms. The van der Waals surface area contributed by atoms with E-state index in [1.54, 1.807) is 18.2 Å². The Morgan fingerprint density at radius 3 is 2.69 bits per heavy atom. The number of fused-ring (bicyclic) bond motifs is 1. The van der Waals surface area contributed by atoms with Gasteiger partial charge in [0.05, 0.1) is 32.9 Å². The van der Waals surface area contributed by atoms with Crippen LogP contribution in [0, 0.1) is 0 Å². The highest BCUT2D eigenvalue weighted by atomic mass is 35.5. The van der Waals surface area contributed by atoms with Gasteiger partial charge in [-0.15, -0.1) is 0 Å². The van der Waals surface area contributed by atoms with Crippen LogP contribution >= 0.6 is 23.3 Å². The van der Waals surface area contributed by atoms with Gasteiger partial charge in [0.15, 0.2) is 6.61 Å². The molecule has 4 rings (SSSR count). The van der Waals surface area contributed by atoms with E-state index in [0.29, 0.717) is 29.8 Å². The van der Waals surface area contributed by atoms with Gasteiger partial charge in [0.2, 0.25) is 10.0 Å². The van der Waals surface area contributed by atoms with Crippen molar-refractivity contribution in [2.45, 2.75) is 24.2 Å². The molecule has 1 aliphatic heterocycles. The molecule has 1 aromatic heterocycles. The molecule has 0 saturated carbocycles. The molecule has 1 saturated heterocycles. The summed E-state index contributed by atoms with van der Waals surface area (Å²) in [5, 5.41) is 2.66. The second-order valence-corrected chi connectivity index (χ2v) is 10.0. The zero-order chi connectivity index (χ0) is 22.7. The van der Waals surface area contributed by atoms with E-state index < -0.39 is 28.5 Å². The lowest BCUT2D eigenvalue weighted by molar-refractivity contribution is -0.119. The van der Waals surface area contributed by atoms with Crippen LogP contribution in [0.4, 0.5) is 5.69 Å². The van der Waals surface area contributed by atoms with Crippen LogP contribution in [-0.4, -0.2) is 53.0 Å². The van der Waals surface area contributed by atoms with Crippen LogP contribution in [0.25, 0.3) is 11.0 Å². The number of benzene rings is 2. The monoisotopic (exact) mass is 494 g/mol. The van der Waals surface area contributed by atoms with Crippen LogP contribution < -0.4 is 5.32 Å². The van der Waals surface area contributed by atoms with Crippen molar-refractivity contribution < 1.29 is 22.7 Å². The minimum absolute atomic E-state index is 0.0336. The molecule has 9 nitrogen and oxygen atoms in total. The number of halogens is 1. The Labute approximate surface area is 193 Å². The van der Waals surface area contributed by atoms with Gasteiger partial charge in [-0.2, -0.15) is 13.1 Å². The highest BCUT2D eigenvalue weighted by molar-refractivity contribution is 7.89. The number of esters is 1. The first-order valence-electron chi connectivity index (χ1n) is 9.84. The lowest BCUT2D eigenvalue weighted by Gasteiger charge is -2.26. The number of hydrogen-bond donors (Lipinski definition) is 1. The maximum absolute atomic E-state index is 12.9. The van der Waals surface area contributed by atoms with Gasteiger partial charge in [-0.25, -0.2) is 13.2 Å². The van der Waals surface area contributed by atoms with Gasteiger partial charge in [-0.1, -0.05) is 24.1 Å². The van der Waals surface area contributed by atoms with E-state index in [0.717, 1.165) is 31.0 Å². The Hall–Kier alpha value is -2.60. The fourth-order valence-corrected chi connectivity index (χ4v) is 5.67. The molecule has 2 heterocycles. The first-order chi connectivity index (χ1) is 15.4. The Morgan fingerprint density at radius 2 is 1.91 bits per heavy atom. The van der Waals surface area contributed by atoms with Gasteiger partial charge in [0, 0.05) is 13.1 Å². The van der Waals surface area contributed by atoms with Crippen molar-refractivity contribution in [3.63, 3.8) is 0 Å². The Kier molecular flexibility index (Phi) is 6.70. The molecule has 168 valence electrons. The number of aromatic nitrogens is 2. The summed E-state index contributed by atoms with van der Waals surface area (Å²) >= 11 is 7.12. The largest absolute Gasteiger partial charge is 0.452 e. The van der Waals surface area contributed by atoms with Crippen molar-refractivity contribution in [3.8, 4) is 0 Å². The minimum Gasteiger partial charge on any atom is -0.452 e. The molecule has 1 N–H and O–H groups in total. The van der Waals surface area contributed by atoms with E-state index in [1.165, 1.54) is 22.5 Å². The van der Waals surface area contributed by atoms with Crippen molar-refractivity contribution in [3.05, 3.63) is 47.0 Å². The van der Waals surface area contributed by atoms with E-state index in [1.807, 2.05) is 0 Å². The summed E-state index contributed by atoms with van der Waals surface area (Å²) in [6.45, 7) is 0.296. The second kappa shape index (κ2) is 9.49. The minimum atomic E-state index is -3.75. The summed E-state index contributed by atoms with van der Waals surface area (Å²) in [6.07, 6.45) is 2.57. The number of carbonyl (C=O) groups is 2. The van der Waals surface area contributed by atoms with Crippen molar-refractivity contribution in [1.29, 1.82) is 0 Å². The number of rotatable bonds is 6. The van der Waals surface area contributed by atoms with Crippen LogP contribution in [0.3, 0.4) is 0 Å². The first-order valence-corrected chi connectivity index (χ1v) is 12.4. The zero-order valence-corrected chi connectivity index (χ0v) is 19.2. The molecule has 0 radical (unpaired) electrons. The first kappa shape index (κ1) is 22.6. The molecule has 1 amide bonds. The molecule has 2 aromatic carbocycles. The number of nitrogens with one attached hydrogen (secondary N) is 1.